The van der Waals surface area contributed by atoms with Gasteiger partial charge in [-0.3, -0.25) is 19.6 Å². The summed E-state index contributed by atoms with van der Waals surface area (Å²) in [4.78, 5) is 48.5. The molecule has 8 bridgehead atoms. The fourth-order valence-electron chi connectivity index (χ4n) is 6.15. The number of imidazole rings is 1. The average Bonchev–Trinajstić information content (AvgIpc) is 3.52. The van der Waals surface area contributed by atoms with Crippen LogP contribution in [0.25, 0.3) is 11.0 Å². The van der Waals surface area contributed by atoms with Gasteiger partial charge in [0, 0.05) is 24.3 Å². The second-order valence-electron chi connectivity index (χ2n) is 12.9. The van der Waals surface area contributed by atoms with Crippen molar-refractivity contribution < 1.29 is 42.9 Å². The summed E-state index contributed by atoms with van der Waals surface area (Å²) in [5.74, 6) is 2.66. The molecule has 5 N–H and O–H groups in total. The summed E-state index contributed by atoms with van der Waals surface area (Å²) in [6.07, 6.45) is 8.09. The number of nitrogens with one attached hydrogen (secondary N) is 1. The number of benzene rings is 2. The van der Waals surface area contributed by atoms with Crippen molar-refractivity contribution in [2.45, 2.75) is 47.7 Å². The normalized spacial score (nSPS) is 14.6. The average molecular weight is 845 g/mol. The van der Waals surface area contributed by atoms with Crippen molar-refractivity contribution in [2.75, 3.05) is 63.6 Å². The van der Waals surface area contributed by atoms with E-state index in [4.69, 9.17) is 44.6 Å². The van der Waals surface area contributed by atoms with Crippen molar-refractivity contribution in [1.29, 1.82) is 0 Å². The van der Waals surface area contributed by atoms with Crippen LogP contribution in [-0.4, -0.2) is 77.8 Å². The fraction of sp³-hybridized carbons (Fsp3) is 0.333. The number of methoxy groups -OCH3 is 2. The Morgan fingerprint density at radius 3 is 1.92 bits per heavy atom. The van der Waals surface area contributed by atoms with E-state index in [-0.39, 0.29) is 63.5 Å². The number of aromatic amines is 1. The van der Waals surface area contributed by atoms with Gasteiger partial charge >= 0.3 is 17.5 Å². The van der Waals surface area contributed by atoms with Gasteiger partial charge in [-0.05, 0) is 55.2 Å². The number of pyridine rings is 2. The Morgan fingerprint density at radius 2 is 1.36 bits per heavy atom. The summed E-state index contributed by atoms with van der Waals surface area (Å²) in [7, 11) is 3.10. The summed E-state index contributed by atoms with van der Waals surface area (Å²) in [5.41, 5.74) is 13.6. The number of nitrogens with zero attached hydrogens (tertiary/aromatic N) is 5. The topological polar surface area (TPSA) is 244 Å². The number of amides is 1. The van der Waals surface area contributed by atoms with Gasteiger partial charge in [0.25, 0.3) is 0 Å². The van der Waals surface area contributed by atoms with Crippen molar-refractivity contribution in [1.82, 2.24) is 19.5 Å². The molecule has 2 aliphatic rings. The molecule has 5 heterocycles. The number of hydrogen-bond donors (Lipinski definition) is 3. The monoisotopic (exact) mass is 844 g/mol. The minimum absolute atomic E-state index is 0. The highest BCUT2D eigenvalue weighted by atomic mass is 16.6. The third-order valence-corrected chi connectivity index (χ3v) is 8.84. The van der Waals surface area contributed by atoms with E-state index in [2.05, 4.69) is 15.0 Å². The van der Waals surface area contributed by atoms with E-state index in [0.717, 1.165) is 10.5 Å². The number of anilines is 3. The summed E-state index contributed by atoms with van der Waals surface area (Å²) >= 11 is 0. The van der Waals surface area contributed by atoms with Crippen LogP contribution in [0, 0.1) is 10.1 Å². The van der Waals surface area contributed by atoms with E-state index in [1.807, 2.05) is 42.5 Å². The first-order valence-corrected chi connectivity index (χ1v) is 18.5. The van der Waals surface area contributed by atoms with Crippen molar-refractivity contribution >= 4 is 40.1 Å². The quantitative estimate of drug-likeness (QED) is 0.0955. The molecule has 61 heavy (non-hydrogen) atoms. The molecular formula is C42H52N8O11. The van der Waals surface area contributed by atoms with Gasteiger partial charge in [-0.1, -0.05) is 39.2 Å². The highest BCUT2D eigenvalue weighted by Crippen LogP contribution is 2.38. The molecule has 0 atom stereocenters. The third-order valence-electron chi connectivity index (χ3n) is 8.84. The van der Waals surface area contributed by atoms with Crippen LogP contribution in [0.4, 0.5) is 27.8 Å². The highest BCUT2D eigenvalue weighted by Gasteiger charge is 2.31. The Hall–Kier alpha value is -7.44. The molecule has 0 unspecified atom stereocenters. The van der Waals surface area contributed by atoms with Crippen LogP contribution in [0.15, 0.2) is 77.6 Å². The lowest BCUT2D eigenvalue weighted by Gasteiger charge is -2.23. The SMILES string of the molecule is C.C.CCOC(=O)N1Cc2cc(OC)cc(c2)OC/C=C/CCOc2cc1c([N+](=O)[O-])c(N)n2.COc1cc2cc(c1)OC/C=C/CCOc1cc3c([nH]c(=O)n3C2)c(N)n1. The maximum Gasteiger partial charge on any atom is 0.414 e. The van der Waals surface area contributed by atoms with Crippen molar-refractivity contribution in [3.63, 3.8) is 0 Å². The molecule has 19 heteroatoms. The maximum atomic E-state index is 12.8. The lowest BCUT2D eigenvalue weighted by molar-refractivity contribution is -0.383. The summed E-state index contributed by atoms with van der Waals surface area (Å²) in [6.45, 7) is 3.41. The Labute approximate surface area is 352 Å². The Bertz CT molecular complexity index is 2430. The Morgan fingerprint density at radius 1 is 0.803 bits per heavy atom. The lowest BCUT2D eigenvalue weighted by Crippen LogP contribution is -2.32. The second-order valence-corrected chi connectivity index (χ2v) is 12.9. The van der Waals surface area contributed by atoms with Gasteiger partial charge in [-0.25, -0.2) is 9.59 Å². The van der Waals surface area contributed by atoms with E-state index in [1.165, 1.54) is 13.2 Å². The first kappa shape index (κ1) is 46.3. The standard InChI is InChI=1S/C21H24N4O7.C19H20N4O4.2CH4/c1-3-30-21(26)24-13-14-9-15(29-2)11-16(10-14)31-7-5-4-6-8-32-18-12-17(24)19(25(27)28)20(22)23-18;1-25-13-7-12-8-14(9-13)26-5-3-2-4-6-27-16-10-15-17(18(20)21-16)22-19(24)23(15)11-12;;/h4-5,9-12H,3,6-8,13H2,1-2H3,(H2,22,23);2-3,7-10H,4-6,11H2,1H3,(H2,20,21)(H,22,24);2*1H4/b5-4+;3-2+;;. The minimum Gasteiger partial charge on any atom is -0.497 e. The van der Waals surface area contributed by atoms with Crippen LogP contribution < -0.4 is 50.5 Å². The number of nitro groups is 1. The molecule has 19 nitrogen and oxygen atoms in total. The molecule has 5 aromatic rings. The van der Waals surface area contributed by atoms with E-state index in [0.29, 0.717) is 84.7 Å². The summed E-state index contributed by atoms with van der Waals surface area (Å²) in [5, 5.41) is 11.8. The molecule has 3 aromatic heterocycles. The third kappa shape index (κ3) is 11.6. The number of aromatic nitrogens is 4. The zero-order chi connectivity index (χ0) is 41.9. The molecule has 0 radical (unpaired) electrons. The van der Waals surface area contributed by atoms with Gasteiger partial charge in [-0.2, -0.15) is 9.97 Å². The molecule has 2 aliphatic heterocycles. The zero-order valence-corrected chi connectivity index (χ0v) is 32.7. The molecule has 0 aliphatic carbocycles. The lowest BCUT2D eigenvalue weighted by atomic mass is 10.1. The van der Waals surface area contributed by atoms with Gasteiger partial charge in [0.05, 0.1) is 57.6 Å². The molecular weight excluding hydrogens is 793 g/mol. The number of nitrogens with two attached hydrogens (primary N) is 2. The number of ether oxygens (including phenoxy) is 7. The van der Waals surface area contributed by atoms with Crippen LogP contribution in [0.3, 0.4) is 0 Å². The minimum atomic E-state index is -0.788. The maximum absolute atomic E-state index is 12.8. The first-order chi connectivity index (χ1) is 28.6. The molecule has 1 amide bonds. The Kier molecular flexibility index (Phi) is 16.3. The van der Waals surface area contributed by atoms with Crippen LogP contribution in [0.1, 0.15) is 45.7 Å². The van der Waals surface area contributed by atoms with Gasteiger partial charge in [0.1, 0.15) is 47.4 Å². The largest absolute Gasteiger partial charge is 0.497 e. The molecule has 0 spiro atoms. The molecule has 0 saturated heterocycles. The van der Waals surface area contributed by atoms with Gasteiger partial charge < -0.3 is 49.6 Å². The molecule has 0 fully saturated rings. The number of fused-ring (bicyclic) bond motifs is 7. The van der Waals surface area contributed by atoms with Gasteiger partial charge in [0.2, 0.25) is 17.6 Å². The second kappa shape index (κ2) is 21.5. The number of rotatable bonds is 4. The van der Waals surface area contributed by atoms with Crippen molar-refractivity contribution in [3.05, 3.63) is 105 Å². The van der Waals surface area contributed by atoms with Crippen molar-refractivity contribution in [2.24, 2.45) is 0 Å². The Balaban J connectivity index is 0.000000263. The predicted octanol–water partition coefficient (Wildman–Crippen LogP) is 6.81. The predicted molar refractivity (Wildman–Crippen MR) is 231 cm³/mol. The van der Waals surface area contributed by atoms with E-state index >= 15 is 0 Å². The fourth-order valence-corrected chi connectivity index (χ4v) is 6.15. The van der Waals surface area contributed by atoms with E-state index in [9.17, 15) is 19.7 Å². The number of hydrogen-bond acceptors (Lipinski definition) is 15. The molecule has 326 valence electrons. The number of H-pyrrole nitrogens is 1. The van der Waals surface area contributed by atoms with Crippen LogP contribution in [-0.2, 0) is 17.8 Å². The number of nitrogen functional groups attached to an aromatic ring is 2. The van der Waals surface area contributed by atoms with E-state index < -0.39 is 16.7 Å². The van der Waals surface area contributed by atoms with Crippen LogP contribution in [0.2, 0.25) is 0 Å². The number of carbonyl (C=O) groups is 1. The molecule has 0 saturated carbocycles. The zero-order valence-electron chi connectivity index (χ0n) is 32.7. The molecule has 7 rings (SSSR count). The molecule has 2 aromatic carbocycles. The smallest absolute Gasteiger partial charge is 0.414 e. The van der Waals surface area contributed by atoms with E-state index in [1.54, 1.807) is 42.9 Å². The van der Waals surface area contributed by atoms with Gasteiger partial charge in [0.15, 0.2) is 5.82 Å². The summed E-state index contributed by atoms with van der Waals surface area (Å²) < 4.78 is 40.3. The highest BCUT2D eigenvalue weighted by molar-refractivity contribution is 5.93. The van der Waals surface area contributed by atoms with Gasteiger partial charge in [-0.15, -0.1) is 0 Å². The summed E-state index contributed by atoms with van der Waals surface area (Å²) in [6, 6.07) is 13.7. The number of carbonyl (C=O) groups excluding carboxylic acids is 1. The van der Waals surface area contributed by atoms with Crippen molar-refractivity contribution in [3.8, 4) is 34.8 Å². The van der Waals surface area contributed by atoms with Crippen LogP contribution >= 0.6 is 0 Å². The van der Waals surface area contributed by atoms with Crippen LogP contribution in [0.5, 0.6) is 34.8 Å². The first-order valence-electron chi connectivity index (χ1n) is 18.5.